The maximum absolute atomic E-state index is 13.0. The Bertz CT molecular complexity index is 1470. The second-order valence-corrected chi connectivity index (χ2v) is 11.9. The normalized spacial score (nSPS) is 12.3. The third-order valence-electron chi connectivity index (χ3n) is 4.22. The molecule has 0 fully saturated rings. The van der Waals surface area contributed by atoms with Crippen molar-refractivity contribution in [3.63, 3.8) is 0 Å². The van der Waals surface area contributed by atoms with E-state index in [4.69, 9.17) is 34.8 Å². The van der Waals surface area contributed by atoms with Crippen LogP contribution in [0.2, 0.25) is 15.1 Å². The Kier molecular flexibility index (Phi) is 6.78. The molecule has 4 aromatic rings. The number of thiazole rings is 1. The van der Waals surface area contributed by atoms with Gasteiger partial charge in [-0.25, -0.2) is 13.4 Å². The number of benzene rings is 3. The number of aromatic nitrogens is 1. The summed E-state index contributed by atoms with van der Waals surface area (Å²) >= 11 is 20.7. The lowest BCUT2D eigenvalue weighted by atomic mass is 10.2. The smallest absolute Gasteiger partial charge is 0.280 e. The number of alkyl halides is 3. The van der Waals surface area contributed by atoms with Crippen molar-refractivity contribution in [3.05, 3.63) is 75.2 Å². The highest BCUT2D eigenvalue weighted by Gasteiger charge is 2.32. The SMILES string of the molecule is O=S(=O)(Nc1ccc(Sc2nc3cc(Cl)ccc3s2)c(Cl)c1)c1cc(Cl)cc(C(F)(F)F)c1. The number of halogens is 6. The standard InChI is InChI=1S/C20H10Cl3F3N2O2S3/c21-11-1-3-18-16(8-11)27-19(32-18)31-17-4-2-13(9-15(17)23)28-33(29,30)14-6-10(20(24,25)26)5-12(22)7-14/h1-9,28H. The van der Waals surface area contributed by atoms with Gasteiger partial charge in [-0.15, -0.1) is 11.3 Å². The van der Waals surface area contributed by atoms with Crippen LogP contribution in [0.4, 0.5) is 18.9 Å². The number of nitrogens with one attached hydrogen (secondary N) is 1. The minimum absolute atomic E-state index is 0.0777. The number of sulfonamides is 1. The molecule has 0 bridgehead atoms. The molecule has 0 atom stereocenters. The Balaban J connectivity index is 1.57. The van der Waals surface area contributed by atoms with Gasteiger partial charge in [-0.05, 0) is 54.6 Å². The molecule has 0 aliphatic carbocycles. The molecular formula is C20H10Cl3F3N2O2S3. The molecule has 3 aromatic carbocycles. The summed E-state index contributed by atoms with van der Waals surface area (Å²) < 4.78 is 68.2. The monoisotopic (exact) mass is 568 g/mol. The summed E-state index contributed by atoms with van der Waals surface area (Å²) in [6.45, 7) is 0. The van der Waals surface area contributed by atoms with Crippen LogP contribution >= 0.6 is 57.9 Å². The van der Waals surface area contributed by atoms with Crippen molar-refractivity contribution in [1.29, 1.82) is 0 Å². The van der Waals surface area contributed by atoms with Crippen LogP contribution in [0.25, 0.3) is 10.2 Å². The lowest BCUT2D eigenvalue weighted by Crippen LogP contribution is -2.15. The van der Waals surface area contributed by atoms with Gasteiger partial charge < -0.3 is 0 Å². The molecule has 0 amide bonds. The fourth-order valence-electron chi connectivity index (χ4n) is 2.76. The minimum atomic E-state index is -4.75. The molecule has 0 radical (unpaired) electrons. The van der Waals surface area contributed by atoms with E-state index >= 15 is 0 Å². The van der Waals surface area contributed by atoms with Crippen LogP contribution in [0, 0.1) is 0 Å². The first kappa shape index (κ1) is 24.4. The fourth-order valence-corrected chi connectivity index (χ4v) is 6.65. The summed E-state index contributed by atoms with van der Waals surface area (Å²) in [4.78, 5) is 4.49. The van der Waals surface area contributed by atoms with Gasteiger partial charge in [0.1, 0.15) is 0 Å². The van der Waals surface area contributed by atoms with Crippen molar-refractivity contribution in [2.75, 3.05) is 4.72 Å². The molecule has 1 heterocycles. The predicted molar refractivity (Wildman–Crippen MR) is 127 cm³/mol. The highest BCUT2D eigenvalue weighted by Crippen LogP contribution is 2.39. The Morgan fingerprint density at radius 2 is 1.70 bits per heavy atom. The molecule has 0 aliphatic rings. The van der Waals surface area contributed by atoms with E-state index in [0.29, 0.717) is 26.4 Å². The molecule has 1 aromatic heterocycles. The second kappa shape index (κ2) is 9.16. The molecule has 0 spiro atoms. The number of fused-ring (bicyclic) bond motifs is 1. The topological polar surface area (TPSA) is 59.1 Å². The molecule has 4 rings (SSSR count). The van der Waals surface area contributed by atoms with Crippen LogP contribution in [0.5, 0.6) is 0 Å². The van der Waals surface area contributed by atoms with Gasteiger partial charge in [-0.3, -0.25) is 4.72 Å². The fraction of sp³-hybridized carbons (Fsp3) is 0.0500. The van der Waals surface area contributed by atoms with E-state index in [9.17, 15) is 21.6 Å². The van der Waals surface area contributed by atoms with Crippen LogP contribution in [0.1, 0.15) is 5.56 Å². The van der Waals surface area contributed by atoms with Crippen molar-refractivity contribution in [2.45, 2.75) is 20.3 Å². The first-order valence-corrected chi connectivity index (χ1v) is 13.1. The predicted octanol–water partition coefficient (Wildman–Crippen LogP) is 8.23. The second-order valence-electron chi connectivity index (χ2n) is 6.62. The Hall–Kier alpha value is -1.69. The van der Waals surface area contributed by atoms with Crippen LogP contribution in [-0.2, 0) is 16.2 Å². The summed E-state index contributed by atoms with van der Waals surface area (Å²) in [5.74, 6) is 0. The van der Waals surface area contributed by atoms with Gasteiger partial charge in [-0.2, -0.15) is 13.2 Å². The van der Waals surface area contributed by atoms with Gasteiger partial charge in [0.05, 0.1) is 31.4 Å². The van der Waals surface area contributed by atoms with Gasteiger partial charge >= 0.3 is 6.18 Å². The third-order valence-corrected chi connectivity index (χ3v) is 8.63. The average Bonchev–Trinajstić information content (AvgIpc) is 3.10. The Labute approximate surface area is 209 Å². The van der Waals surface area contributed by atoms with Crippen molar-refractivity contribution < 1.29 is 21.6 Å². The molecular weight excluding hydrogens is 560 g/mol. The van der Waals surface area contributed by atoms with Gasteiger partial charge in [0, 0.05) is 14.9 Å². The number of hydrogen-bond acceptors (Lipinski definition) is 5. The Morgan fingerprint density at radius 3 is 2.39 bits per heavy atom. The average molecular weight is 570 g/mol. The summed E-state index contributed by atoms with van der Waals surface area (Å²) in [5.41, 5.74) is -0.346. The molecule has 172 valence electrons. The summed E-state index contributed by atoms with van der Waals surface area (Å²) in [5, 5.41) is 0.452. The molecule has 0 saturated heterocycles. The summed E-state index contributed by atoms with van der Waals surface area (Å²) in [6, 6.07) is 11.9. The maximum Gasteiger partial charge on any atom is 0.416 e. The van der Waals surface area contributed by atoms with Gasteiger partial charge in [0.25, 0.3) is 10.0 Å². The van der Waals surface area contributed by atoms with E-state index < -0.39 is 26.7 Å². The van der Waals surface area contributed by atoms with Crippen LogP contribution in [0.3, 0.4) is 0 Å². The quantitative estimate of drug-likeness (QED) is 0.263. The van der Waals surface area contributed by atoms with Gasteiger partial charge in [0.15, 0.2) is 4.34 Å². The van der Waals surface area contributed by atoms with Gasteiger partial charge in [0.2, 0.25) is 0 Å². The summed E-state index contributed by atoms with van der Waals surface area (Å²) in [6.07, 6.45) is -4.75. The summed E-state index contributed by atoms with van der Waals surface area (Å²) in [7, 11) is -4.35. The zero-order valence-corrected chi connectivity index (χ0v) is 20.7. The third kappa shape index (κ3) is 5.70. The molecule has 13 heteroatoms. The number of nitrogens with zero attached hydrogens (tertiary/aromatic N) is 1. The molecule has 0 aliphatic heterocycles. The first-order chi connectivity index (χ1) is 15.4. The molecule has 0 saturated carbocycles. The van der Waals surface area contributed by atoms with Crippen LogP contribution in [-0.4, -0.2) is 13.4 Å². The van der Waals surface area contributed by atoms with Crippen molar-refractivity contribution in [2.24, 2.45) is 0 Å². The van der Waals surface area contributed by atoms with E-state index in [1.54, 1.807) is 18.2 Å². The van der Waals surface area contributed by atoms with Crippen molar-refractivity contribution >= 4 is 83.8 Å². The first-order valence-electron chi connectivity index (χ1n) is 8.85. The number of rotatable bonds is 5. The van der Waals surface area contributed by atoms with Crippen LogP contribution < -0.4 is 4.72 Å². The Morgan fingerprint density at radius 1 is 0.939 bits per heavy atom. The number of anilines is 1. The highest BCUT2D eigenvalue weighted by atomic mass is 35.5. The minimum Gasteiger partial charge on any atom is -0.280 e. The lowest BCUT2D eigenvalue weighted by Gasteiger charge is -2.13. The van der Waals surface area contributed by atoms with E-state index in [1.807, 2.05) is 6.07 Å². The molecule has 4 nitrogen and oxygen atoms in total. The molecule has 1 N–H and O–H groups in total. The van der Waals surface area contributed by atoms with Crippen LogP contribution in [0.15, 0.2) is 68.7 Å². The highest BCUT2D eigenvalue weighted by molar-refractivity contribution is 8.01. The molecule has 0 unspecified atom stereocenters. The zero-order chi connectivity index (χ0) is 24.0. The molecule has 33 heavy (non-hydrogen) atoms. The van der Waals surface area contributed by atoms with Crippen molar-refractivity contribution in [1.82, 2.24) is 4.98 Å². The zero-order valence-electron chi connectivity index (χ0n) is 16.0. The largest absolute Gasteiger partial charge is 0.416 e. The lowest BCUT2D eigenvalue weighted by molar-refractivity contribution is -0.137. The van der Waals surface area contributed by atoms with E-state index in [0.717, 1.165) is 16.3 Å². The van der Waals surface area contributed by atoms with E-state index in [1.165, 1.54) is 35.2 Å². The van der Waals surface area contributed by atoms with E-state index in [2.05, 4.69) is 9.71 Å². The number of hydrogen-bond donors (Lipinski definition) is 1. The van der Waals surface area contributed by atoms with Crippen molar-refractivity contribution in [3.8, 4) is 0 Å². The van der Waals surface area contributed by atoms with E-state index in [-0.39, 0.29) is 15.7 Å². The maximum atomic E-state index is 13.0. The van der Waals surface area contributed by atoms with Gasteiger partial charge in [-0.1, -0.05) is 46.6 Å².